The second-order valence-corrected chi connectivity index (χ2v) is 9.61. The summed E-state index contributed by atoms with van der Waals surface area (Å²) in [5, 5.41) is 9.37. The molecule has 1 aromatic carbocycles. The first-order valence-electron chi connectivity index (χ1n) is 12.2. The van der Waals surface area contributed by atoms with Crippen molar-refractivity contribution >= 4 is 34.8 Å². The number of fused-ring (bicyclic) bond motifs is 2. The van der Waals surface area contributed by atoms with Gasteiger partial charge >= 0.3 is 0 Å². The maximum Gasteiger partial charge on any atom is 0.258 e. The maximum atomic E-state index is 10.4. The average Bonchev–Trinajstić information content (AvgIpc) is 3.68. The molecular formula is C27H28N10OS. The van der Waals surface area contributed by atoms with Gasteiger partial charge in [-0.05, 0) is 91.7 Å². The van der Waals surface area contributed by atoms with E-state index in [1.165, 1.54) is 17.5 Å². The quantitative estimate of drug-likeness (QED) is 0.192. The van der Waals surface area contributed by atoms with E-state index >= 15 is 0 Å². The summed E-state index contributed by atoms with van der Waals surface area (Å²) < 4.78 is 3.83. The second-order valence-electron chi connectivity index (χ2n) is 8.97. The standard InChI is InChI=1S/C23H19N7.C4H9N3OS/c24-21-18(6-2-11-25-21)22-27-19-9-10-20(29-13-3-12-26-29)28-23(19)30(22)17-8-7-15-4-1-5-16(15)14-17;1-2(5)3(9-7)4(6)8/h2-3,6-14H,1,4-5H2,(H2,24,25);5,7H2,1H3,(H2,6,8)/b;3-2-. The largest absolute Gasteiger partial charge is 0.401 e. The number of primary amides is 1. The molecule has 0 radical (unpaired) electrons. The van der Waals surface area contributed by atoms with Crippen molar-refractivity contribution in [3.05, 3.63) is 88.9 Å². The van der Waals surface area contributed by atoms with Crippen molar-refractivity contribution in [2.45, 2.75) is 26.2 Å². The van der Waals surface area contributed by atoms with E-state index in [-0.39, 0.29) is 4.91 Å². The molecule has 0 bridgehead atoms. The Bertz CT molecular complexity index is 1690. The van der Waals surface area contributed by atoms with E-state index in [1.54, 1.807) is 24.0 Å². The van der Waals surface area contributed by atoms with Crippen LogP contribution in [0.1, 0.15) is 24.5 Å². The fourth-order valence-corrected chi connectivity index (χ4v) is 4.86. The minimum absolute atomic E-state index is 0.218. The fraction of sp³-hybridized carbons (Fsp3) is 0.148. The van der Waals surface area contributed by atoms with Crippen LogP contribution >= 0.6 is 11.9 Å². The highest BCUT2D eigenvalue weighted by atomic mass is 32.2. The first-order valence-corrected chi connectivity index (χ1v) is 13.1. The van der Waals surface area contributed by atoms with Gasteiger partial charge in [0.2, 0.25) is 0 Å². The van der Waals surface area contributed by atoms with Gasteiger partial charge in [-0.2, -0.15) is 5.10 Å². The highest BCUT2D eigenvalue weighted by Gasteiger charge is 2.20. The van der Waals surface area contributed by atoms with Crippen LogP contribution in [-0.4, -0.2) is 35.2 Å². The molecule has 4 heterocycles. The molecule has 39 heavy (non-hydrogen) atoms. The molecule has 6 rings (SSSR count). The van der Waals surface area contributed by atoms with Crippen LogP contribution in [0.4, 0.5) is 5.82 Å². The Kier molecular flexibility index (Phi) is 7.30. The fourth-order valence-electron chi connectivity index (χ4n) is 4.55. The average molecular weight is 541 g/mol. The van der Waals surface area contributed by atoms with Crippen molar-refractivity contribution in [3.8, 4) is 22.9 Å². The predicted molar refractivity (Wildman–Crippen MR) is 154 cm³/mol. The lowest BCUT2D eigenvalue weighted by molar-refractivity contribution is -0.113. The minimum atomic E-state index is -0.581. The number of rotatable bonds is 5. The Morgan fingerprint density at radius 2 is 1.82 bits per heavy atom. The normalized spacial score (nSPS) is 13.0. The monoisotopic (exact) mass is 540 g/mol. The maximum absolute atomic E-state index is 10.4. The number of allylic oxidation sites excluding steroid dienone is 1. The third-order valence-corrected chi connectivity index (χ3v) is 7.11. The van der Waals surface area contributed by atoms with Gasteiger partial charge in [0.15, 0.2) is 17.3 Å². The summed E-state index contributed by atoms with van der Waals surface area (Å²) in [6.07, 6.45) is 8.76. The highest BCUT2D eigenvalue weighted by molar-refractivity contribution is 8.01. The summed E-state index contributed by atoms with van der Waals surface area (Å²) >= 11 is 0.766. The lowest BCUT2D eigenvalue weighted by atomic mass is 10.1. The molecule has 0 aliphatic heterocycles. The smallest absolute Gasteiger partial charge is 0.258 e. The summed E-state index contributed by atoms with van der Waals surface area (Å²) in [6, 6.07) is 16.2. The van der Waals surface area contributed by atoms with Crippen molar-refractivity contribution in [2.24, 2.45) is 16.6 Å². The number of nitrogens with two attached hydrogens (primary N) is 4. The molecule has 1 amide bonds. The van der Waals surface area contributed by atoms with Gasteiger partial charge in [-0.3, -0.25) is 14.5 Å². The number of benzene rings is 1. The summed E-state index contributed by atoms with van der Waals surface area (Å²) in [4.78, 5) is 24.6. The predicted octanol–water partition coefficient (Wildman–Crippen LogP) is 3.01. The van der Waals surface area contributed by atoms with Gasteiger partial charge in [0.25, 0.3) is 5.91 Å². The van der Waals surface area contributed by atoms with Crippen molar-refractivity contribution in [1.29, 1.82) is 0 Å². The van der Waals surface area contributed by atoms with Crippen LogP contribution in [0.15, 0.2) is 77.7 Å². The lowest BCUT2D eigenvalue weighted by Crippen LogP contribution is -2.16. The Hall–Kier alpha value is -4.68. The van der Waals surface area contributed by atoms with Crippen LogP contribution in [0.5, 0.6) is 0 Å². The number of anilines is 1. The zero-order valence-corrected chi connectivity index (χ0v) is 22.1. The molecule has 5 aromatic rings. The van der Waals surface area contributed by atoms with Gasteiger partial charge in [0.05, 0.1) is 5.56 Å². The van der Waals surface area contributed by atoms with Crippen LogP contribution in [0.3, 0.4) is 0 Å². The molecule has 4 aromatic heterocycles. The van der Waals surface area contributed by atoms with Gasteiger partial charge in [-0.1, -0.05) is 6.07 Å². The highest BCUT2D eigenvalue weighted by Crippen LogP contribution is 2.32. The molecule has 12 heteroatoms. The number of aromatic nitrogens is 6. The van der Waals surface area contributed by atoms with E-state index in [0.717, 1.165) is 58.8 Å². The van der Waals surface area contributed by atoms with Crippen molar-refractivity contribution in [3.63, 3.8) is 0 Å². The van der Waals surface area contributed by atoms with Crippen LogP contribution in [0, 0.1) is 0 Å². The molecule has 0 fully saturated rings. The third-order valence-electron chi connectivity index (χ3n) is 6.35. The number of nitrogen functional groups attached to an aromatic ring is 1. The number of aryl methyl sites for hydroxylation is 2. The van der Waals surface area contributed by atoms with Gasteiger partial charge in [-0.25, -0.2) is 19.6 Å². The van der Waals surface area contributed by atoms with Crippen LogP contribution in [0.25, 0.3) is 34.1 Å². The summed E-state index contributed by atoms with van der Waals surface area (Å²) in [5.41, 5.74) is 22.9. The first-order chi connectivity index (χ1) is 18.9. The molecular weight excluding hydrogens is 512 g/mol. The summed E-state index contributed by atoms with van der Waals surface area (Å²) in [6.45, 7) is 1.57. The molecule has 0 atom stereocenters. The molecule has 0 saturated heterocycles. The number of carbonyl (C=O) groups excluding carboxylic acids is 1. The number of imidazole rings is 1. The van der Waals surface area contributed by atoms with Crippen molar-refractivity contribution in [2.75, 3.05) is 5.73 Å². The van der Waals surface area contributed by atoms with E-state index in [1.807, 2.05) is 36.5 Å². The molecule has 198 valence electrons. The SMILES string of the molecule is C/C(N)=C(/SN)C(N)=O.Nc1ncccc1-c1nc2ccc(-n3cccn3)nc2n1-c1ccc2c(c1)CCC2. The van der Waals surface area contributed by atoms with Gasteiger partial charge in [-0.15, -0.1) is 0 Å². The van der Waals surface area contributed by atoms with Crippen molar-refractivity contribution in [1.82, 2.24) is 29.3 Å². The van der Waals surface area contributed by atoms with Gasteiger partial charge in [0, 0.05) is 30.0 Å². The molecule has 0 unspecified atom stereocenters. The van der Waals surface area contributed by atoms with Crippen molar-refractivity contribution < 1.29 is 4.79 Å². The zero-order valence-electron chi connectivity index (χ0n) is 21.3. The van der Waals surface area contributed by atoms with Crippen LogP contribution in [0.2, 0.25) is 0 Å². The third kappa shape index (κ3) is 5.19. The molecule has 1 aliphatic rings. The van der Waals surface area contributed by atoms with E-state index in [0.29, 0.717) is 11.5 Å². The van der Waals surface area contributed by atoms with E-state index in [9.17, 15) is 4.79 Å². The number of hydrogen-bond acceptors (Lipinski definition) is 9. The molecule has 1 aliphatic carbocycles. The van der Waals surface area contributed by atoms with E-state index in [2.05, 4.69) is 32.8 Å². The topological polar surface area (TPSA) is 183 Å². The minimum Gasteiger partial charge on any atom is -0.401 e. The second kappa shape index (κ2) is 11.0. The molecule has 11 nitrogen and oxygen atoms in total. The number of hydrogen-bond donors (Lipinski definition) is 4. The number of pyridine rings is 2. The Balaban J connectivity index is 0.000000298. The Morgan fingerprint density at radius 1 is 1.00 bits per heavy atom. The van der Waals surface area contributed by atoms with Crippen LogP contribution < -0.4 is 22.3 Å². The lowest BCUT2D eigenvalue weighted by Gasteiger charge is -2.12. The van der Waals surface area contributed by atoms with Crippen LogP contribution in [-0.2, 0) is 17.6 Å². The van der Waals surface area contributed by atoms with E-state index < -0.39 is 5.91 Å². The molecule has 0 spiro atoms. The van der Waals surface area contributed by atoms with Gasteiger partial charge in [0.1, 0.15) is 16.2 Å². The summed E-state index contributed by atoms with van der Waals surface area (Å²) in [7, 11) is 0. The zero-order chi connectivity index (χ0) is 27.5. The summed E-state index contributed by atoms with van der Waals surface area (Å²) in [5.74, 6) is 1.34. The Labute approximate surface area is 229 Å². The van der Waals surface area contributed by atoms with Gasteiger partial charge < -0.3 is 17.2 Å². The number of nitrogens with zero attached hydrogens (tertiary/aromatic N) is 6. The number of carbonyl (C=O) groups is 1. The Morgan fingerprint density at radius 3 is 2.49 bits per heavy atom. The van der Waals surface area contributed by atoms with E-state index in [4.69, 9.17) is 32.3 Å². The number of amides is 1. The molecule has 8 N–H and O–H groups in total. The first kappa shape index (κ1) is 25.9. The molecule has 0 saturated carbocycles.